The lowest BCUT2D eigenvalue weighted by atomic mass is 10.1. The van der Waals surface area contributed by atoms with Gasteiger partial charge in [-0.05, 0) is 18.2 Å². The van der Waals surface area contributed by atoms with Crippen molar-refractivity contribution >= 4 is 11.5 Å². The molecule has 0 aromatic carbocycles. The van der Waals surface area contributed by atoms with Gasteiger partial charge in [0.2, 0.25) is 0 Å². The maximum absolute atomic E-state index is 7.37. The summed E-state index contributed by atoms with van der Waals surface area (Å²) in [5, 5.41) is 7.37. The Balaban J connectivity index is 3.05. The number of hydrogen-bond acceptors (Lipinski definition) is 3. The van der Waals surface area contributed by atoms with Gasteiger partial charge in [0.05, 0.1) is 5.71 Å². The normalized spacial score (nSPS) is 9.09. The van der Waals surface area contributed by atoms with Crippen LogP contribution in [0.1, 0.15) is 5.56 Å². The first-order valence-electron chi connectivity index (χ1n) is 3.17. The molecule has 3 heteroatoms. The molecule has 1 rings (SSSR count). The first kappa shape index (κ1) is 7.47. The van der Waals surface area contributed by atoms with E-state index < -0.39 is 0 Å². The average molecular weight is 147 g/mol. The molecule has 0 aliphatic rings. The molecule has 0 aliphatic heterocycles. The topological polar surface area (TPSA) is 62.8 Å². The number of hydrogen-bond donors (Lipinski definition) is 2. The smallest absolute Gasteiger partial charge is 0.123 e. The molecule has 0 saturated heterocycles. The van der Waals surface area contributed by atoms with Crippen LogP contribution < -0.4 is 5.73 Å². The van der Waals surface area contributed by atoms with Crippen molar-refractivity contribution in [2.24, 2.45) is 0 Å². The minimum Gasteiger partial charge on any atom is -0.384 e. The summed E-state index contributed by atoms with van der Waals surface area (Å²) in [5.74, 6) is 0.425. The minimum absolute atomic E-state index is 0.360. The minimum atomic E-state index is 0.360. The van der Waals surface area contributed by atoms with Gasteiger partial charge in [-0.25, -0.2) is 4.98 Å². The van der Waals surface area contributed by atoms with E-state index in [1.54, 1.807) is 18.3 Å². The van der Waals surface area contributed by atoms with Crippen LogP contribution in [-0.4, -0.2) is 10.7 Å². The first-order chi connectivity index (χ1) is 5.24. The van der Waals surface area contributed by atoms with Crippen molar-refractivity contribution in [3.8, 4) is 0 Å². The van der Waals surface area contributed by atoms with E-state index in [0.29, 0.717) is 11.5 Å². The standard InChI is InChI=1S/C8H9N3/c1-2-7(9)6-3-4-11-8(10)5-6/h2-5,9H,1H2,(H2,10,11). The van der Waals surface area contributed by atoms with Crippen LogP contribution in [0.2, 0.25) is 0 Å². The van der Waals surface area contributed by atoms with Gasteiger partial charge < -0.3 is 11.1 Å². The molecule has 0 aliphatic carbocycles. The van der Waals surface area contributed by atoms with Crippen LogP contribution in [0.3, 0.4) is 0 Å². The van der Waals surface area contributed by atoms with Gasteiger partial charge in [0, 0.05) is 11.8 Å². The van der Waals surface area contributed by atoms with Crippen LogP contribution in [-0.2, 0) is 0 Å². The number of pyridine rings is 1. The molecule has 1 heterocycles. The van der Waals surface area contributed by atoms with E-state index >= 15 is 0 Å². The molecule has 3 nitrogen and oxygen atoms in total. The molecular weight excluding hydrogens is 138 g/mol. The highest BCUT2D eigenvalue weighted by Crippen LogP contribution is 2.03. The van der Waals surface area contributed by atoms with E-state index in [0.717, 1.165) is 5.56 Å². The van der Waals surface area contributed by atoms with Gasteiger partial charge in [0.15, 0.2) is 0 Å². The Morgan fingerprint density at radius 2 is 2.45 bits per heavy atom. The van der Waals surface area contributed by atoms with Crippen molar-refractivity contribution in [2.45, 2.75) is 0 Å². The van der Waals surface area contributed by atoms with Gasteiger partial charge in [0.1, 0.15) is 5.82 Å². The first-order valence-corrected chi connectivity index (χ1v) is 3.17. The van der Waals surface area contributed by atoms with Crippen LogP contribution >= 0.6 is 0 Å². The van der Waals surface area contributed by atoms with Crippen LogP contribution in [0.4, 0.5) is 5.82 Å². The van der Waals surface area contributed by atoms with E-state index in [9.17, 15) is 0 Å². The van der Waals surface area contributed by atoms with Gasteiger partial charge in [0.25, 0.3) is 0 Å². The molecule has 1 aromatic rings. The molecule has 56 valence electrons. The van der Waals surface area contributed by atoms with Crippen LogP contribution in [0, 0.1) is 5.41 Å². The average Bonchev–Trinajstić information content (AvgIpc) is 2.03. The van der Waals surface area contributed by atoms with E-state index in [-0.39, 0.29) is 0 Å². The molecular formula is C8H9N3. The zero-order valence-corrected chi connectivity index (χ0v) is 6.04. The fourth-order valence-electron chi connectivity index (χ4n) is 0.734. The molecule has 0 bridgehead atoms. The Hall–Kier alpha value is -1.64. The zero-order valence-electron chi connectivity index (χ0n) is 6.04. The summed E-state index contributed by atoms with van der Waals surface area (Å²) in [6, 6.07) is 3.37. The lowest BCUT2D eigenvalue weighted by Crippen LogP contribution is -1.97. The third-order valence-electron chi connectivity index (χ3n) is 1.30. The summed E-state index contributed by atoms with van der Waals surface area (Å²) >= 11 is 0. The van der Waals surface area contributed by atoms with Crippen molar-refractivity contribution in [1.29, 1.82) is 5.41 Å². The molecule has 0 saturated carbocycles. The van der Waals surface area contributed by atoms with Crippen molar-refractivity contribution in [3.63, 3.8) is 0 Å². The molecule has 1 aromatic heterocycles. The Bertz CT molecular complexity index is 291. The van der Waals surface area contributed by atoms with Crippen molar-refractivity contribution in [3.05, 3.63) is 36.5 Å². The Morgan fingerprint density at radius 3 is 3.00 bits per heavy atom. The zero-order chi connectivity index (χ0) is 8.27. The van der Waals surface area contributed by atoms with Crippen LogP contribution in [0.15, 0.2) is 31.0 Å². The molecule has 11 heavy (non-hydrogen) atoms. The van der Waals surface area contributed by atoms with Crippen molar-refractivity contribution < 1.29 is 0 Å². The highest BCUT2D eigenvalue weighted by Gasteiger charge is 1.95. The van der Waals surface area contributed by atoms with Crippen molar-refractivity contribution in [2.75, 3.05) is 5.73 Å². The molecule has 0 atom stereocenters. The van der Waals surface area contributed by atoms with Gasteiger partial charge in [-0.15, -0.1) is 0 Å². The van der Waals surface area contributed by atoms with Gasteiger partial charge >= 0.3 is 0 Å². The second kappa shape index (κ2) is 2.96. The van der Waals surface area contributed by atoms with Gasteiger partial charge in [-0.1, -0.05) is 6.58 Å². The van der Waals surface area contributed by atoms with Gasteiger partial charge in [-0.2, -0.15) is 0 Å². The number of aromatic nitrogens is 1. The quantitative estimate of drug-likeness (QED) is 0.618. The Kier molecular flexibility index (Phi) is 2.01. The largest absolute Gasteiger partial charge is 0.384 e. The number of nitrogens with zero attached hydrogens (tertiary/aromatic N) is 1. The lowest BCUT2D eigenvalue weighted by Gasteiger charge is -1.97. The summed E-state index contributed by atoms with van der Waals surface area (Å²) in [6.45, 7) is 3.48. The number of nitrogens with two attached hydrogens (primary N) is 1. The number of nitrogen functional groups attached to an aromatic ring is 1. The van der Waals surface area contributed by atoms with E-state index in [1.807, 2.05) is 0 Å². The van der Waals surface area contributed by atoms with Gasteiger partial charge in [-0.3, -0.25) is 0 Å². The van der Waals surface area contributed by atoms with Crippen LogP contribution in [0.25, 0.3) is 0 Å². The summed E-state index contributed by atoms with van der Waals surface area (Å²) in [4.78, 5) is 3.80. The van der Waals surface area contributed by atoms with E-state index in [4.69, 9.17) is 11.1 Å². The maximum atomic E-state index is 7.37. The highest BCUT2D eigenvalue weighted by atomic mass is 14.8. The monoisotopic (exact) mass is 147 g/mol. The fraction of sp³-hybridized carbons (Fsp3) is 0. The molecule has 0 unspecified atom stereocenters. The summed E-state index contributed by atoms with van der Waals surface area (Å²) < 4.78 is 0. The lowest BCUT2D eigenvalue weighted by molar-refractivity contribution is 1.32. The second-order valence-electron chi connectivity index (χ2n) is 2.09. The third kappa shape index (κ3) is 1.64. The molecule has 3 N–H and O–H groups in total. The Morgan fingerprint density at radius 1 is 1.73 bits per heavy atom. The third-order valence-corrected chi connectivity index (χ3v) is 1.30. The molecule has 0 fully saturated rings. The molecule has 0 amide bonds. The number of nitrogens with one attached hydrogen (secondary N) is 1. The fourth-order valence-corrected chi connectivity index (χ4v) is 0.734. The van der Waals surface area contributed by atoms with Crippen LogP contribution in [0.5, 0.6) is 0 Å². The number of allylic oxidation sites excluding steroid dienone is 1. The molecule has 0 spiro atoms. The summed E-state index contributed by atoms with van der Waals surface area (Å²) in [5.41, 5.74) is 6.51. The predicted molar refractivity (Wildman–Crippen MR) is 45.7 cm³/mol. The predicted octanol–water partition coefficient (Wildman–Crippen LogP) is 1.22. The SMILES string of the molecule is C=CC(=N)c1ccnc(N)c1. The van der Waals surface area contributed by atoms with Crippen molar-refractivity contribution in [1.82, 2.24) is 4.98 Å². The second-order valence-corrected chi connectivity index (χ2v) is 2.09. The number of anilines is 1. The summed E-state index contributed by atoms with van der Waals surface area (Å²) in [7, 11) is 0. The Labute approximate surface area is 65.1 Å². The molecule has 0 radical (unpaired) electrons. The number of rotatable bonds is 2. The van der Waals surface area contributed by atoms with E-state index in [1.165, 1.54) is 6.08 Å². The maximum Gasteiger partial charge on any atom is 0.123 e. The summed E-state index contributed by atoms with van der Waals surface area (Å²) in [6.07, 6.45) is 3.04. The van der Waals surface area contributed by atoms with E-state index in [2.05, 4.69) is 11.6 Å². The highest BCUT2D eigenvalue weighted by molar-refractivity contribution is 6.06.